The van der Waals surface area contributed by atoms with Gasteiger partial charge in [0, 0.05) is 36.0 Å². The van der Waals surface area contributed by atoms with Gasteiger partial charge in [0.1, 0.15) is 10.0 Å². The first-order chi connectivity index (χ1) is 19.4. The van der Waals surface area contributed by atoms with Crippen LogP contribution in [0.2, 0.25) is 0 Å². The number of imide groups is 2. The Balaban J connectivity index is 1.63. The molecule has 0 saturated heterocycles. The minimum atomic E-state index is -0.526. The van der Waals surface area contributed by atoms with E-state index in [1.54, 1.807) is 0 Å². The van der Waals surface area contributed by atoms with E-state index in [-0.39, 0.29) is 27.6 Å². The number of hydrogen-bond acceptors (Lipinski definition) is 8. The molecule has 4 heterocycles. The molecule has 2 aliphatic rings. The molecule has 192 valence electrons. The topological polar surface area (TPSA) is 101 Å². The van der Waals surface area contributed by atoms with E-state index in [4.69, 9.17) is 9.97 Å². The summed E-state index contributed by atoms with van der Waals surface area (Å²) in [6.07, 6.45) is 0. The number of fused-ring (bicyclic) bond motifs is 6. The molecule has 4 aromatic carbocycles. The van der Waals surface area contributed by atoms with E-state index < -0.39 is 23.6 Å². The van der Waals surface area contributed by atoms with Gasteiger partial charge in [0.2, 0.25) is 0 Å². The van der Waals surface area contributed by atoms with Crippen molar-refractivity contribution in [1.82, 2.24) is 19.8 Å². The normalized spacial score (nSPS) is 14.8. The van der Waals surface area contributed by atoms with Gasteiger partial charge in [0.25, 0.3) is 23.6 Å². The molecule has 0 N–H and O–H groups in total. The Bertz CT molecular complexity index is 1910. The third kappa shape index (κ3) is 2.78. The summed E-state index contributed by atoms with van der Waals surface area (Å²) < 4.78 is 1.03. The Labute approximate surface area is 234 Å². The lowest BCUT2D eigenvalue weighted by molar-refractivity contribution is 0.0633. The molecular formula is C30H16N4O4S2. The molecule has 0 unspecified atom stereocenters. The summed E-state index contributed by atoms with van der Waals surface area (Å²) in [5.41, 5.74) is 3.36. The summed E-state index contributed by atoms with van der Waals surface area (Å²) in [6, 6.07) is 19.0. The van der Waals surface area contributed by atoms with Crippen molar-refractivity contribution in [2.24, 2.45) is 0 Å². The number of nitrogens with zero attached hydrogens (tertiary/aromatic N) is 4. The number of hydrogen-bond donors (Lipinski definition) is 0. The van der Waals surface area contributed by atoms with E-state index in [0.29, 0.717) is 35.8 Å². The largest absolute Gasteiger partial charge is 0.277 e. The minimum absolute atomic E-state index is 0.215. The first kappa shape index (κ1) is 23.1. The fraction of sp³-hybridized carbons (Fsp3) is 0.0667. The highest BCUT2D eigenvalue weighted by Crippen LogP contribution is 2.50. The number of benzene rings is 4. The van der Waals surface area contributed by atoms with E-state index in [1.807, 2.05) is 60.7 Å². The van der Waals surface area contributed by atoms with Crippen LogP contribution in [-0.2, 0) is 0 Å². The Morgan fingerprint density at radius 2 is 0.875 bits per heavy atom. The van der Waals surface area contributed by atoms with Crippen LogP contribution in [0.3, 0.4) is 0 Å². The van der Waals surface area contributed by atoms with Crippen LogP contribution in [0.25, 0.3) is 52.3 Å². The number of carbonyl (C=O) groups is 4. The van der Waals surface area contributed by atoms with Crippen molar-refractivity contribution in [2.75, 3.05) is 14.1 Å². The van der Waals surface area contributed by atoms with Crippen LogP contribution >= 0.6 is 22.7 Å². The number of amides is 4. The van der Waals surface area contributed by atoms with Crippen molar-refractivity contribution in [1.29, 1.82) is 0 Å². The molecule has 0 fully saturated rings. The Morgan fingerprint density at radius 1 is 0.525 bits per heavy atom. The van der Waals surface area contributed by atoms with Crippen LogP contribution in [0.5, 0.6) is 0 Å². The second kappa shape index (κ2) is 7.87. The standard InChI is InChI=1S/C30H16N4O4S2/c1-33-27(35)17-15-16-19(23-21(17)31-25(39-23)13-9-5-3-6-10-13)29(37)34(2)30(38)20(16)24-22(18(15)28(33)36)32-26(40-24)14-11-7-4-8-12-14/h3-12H,1-2H3. The molecule has 6 aromatic rings. The number of thiazole rings is 2. The highest BCUT2D eigenvalue weighted by Gasteiger charge is 2.44. The molecule has 2 aromatic heterocycles. The van der Waals surface area contributed by atoms with Gasteiger partial charge in [-0.3, -0.25) is 29.0 Å². The molecule has 0 radical (unpaired) electrons. The number of aromatic nitrogens is 2. The Morgan fingerprint density at radius 3 is 1.27 bits per heavy atom. The van der Waals surface area contributed by atoms with Gasteiger partial charge in [-0.05, 0) is 0 Å². The van der Waals surface area contributed by atoms with Gasteiger partial charge in [-0.1, -0.05) is 60.7 Å². The molecule has 8 nitrogen and oxygen atoms in total. The summed E-state index contributed by atoms with van der Waals surface area (Å²) in [4.78, 5) is 67.0. The van der Waals surface area contributed by atoms with Gasteiger partial charge < -0.3 is 0 Å². The molecule has 40 heavy (non-hydrogen) atoms. The van der Waals surface area contributed by atoms with Crippen LogP contribution < -0.4 is 0 Å². The van der Waals surface area contributed by atoms with Gasteiger partial charge in [-0.25, -0.2) is 9.97 Å². The fourth-order valence-electron chi connectivity index (χ4n) is 5.62. The van der Waals surface area contributed by atoms with Crippen molar-refractivity contribution >= 4 is 77.5 Å². The molecule has 0 spiro atoms. The van der Waals surface area contributed by atoms with E-state index in [0.717, 1.165) is 20.9 Å². The highest BCUT2D eigenvalue weighted by molar-refractivity contribution is 7.23. The van der Waals surface area contributed by atoms with E-state index in [9.17, 15) is 19.2 Å². The van der Waals surface area contributed by atoms with Gasteiger partial charge in [0.15, 0.2) is 0 Å². The van der Waals surface area contributed by atoms with Crippen molar-refractivity contribution in [3.63, 3.8) is 0 Å². The molecular weight excluding hydrogens is 544 g/mol. The minimum Gasteiger partial charge on any atom is -0.277 e. The monoisotopic (exact) mass is 560 g/mol. The maximum absolute atomic E-state index is 13.8. The molecule has 0 bridgehead atoms. The molecule has 4 amide bonds. The van der Waals surface area contributed by atoms with Crippen molar-refractivity contribution in [3.8, 4) is 21.1 Å². The summed E-state index contributed by atoms with van der Waals surface area (Å²) in [6.45, 7) is 0. The maximum Gasteiger partial charge on any atom is 0.263 e. The van der Waals surface area contributed by atoms with Gasteiger partial charge in [0.05, 0.1) is 42.7 Å². The third-order valence-corrected chi connectivity index (χ3v) is 9.79. The van der Waals surface area contributed by atoms with Gasteiger partial charge in [-0.2, -0.15) is 0 Å². The molecule has 10 heteroatoms. The molecule has 0 aliphatic carbocycles. The van der Waals surface area contributed by atoms with E-state index in [1.165, 1.54) is 36.8 Å². The SMILES string of the molecule is CN1C(=O)c2c3nc(-c4ccccc4)sc3c3c4c(c5sc(-c6ccccc6)nc5c(c24)C1=O)C(=O)N(C)C3=O. The zero-order valence-corrected chi connectivity index (χ0v) is 22.6. The van der Waals surface area contributed by atoms with Crippen LogP contribution in [-0.4, -0.2) is 57.5 Å². The summed E-state index contributed by atoms with van der Waals surface area (Å²) in [7, 11) is 2.89. The average molecular weight is 561 g/mol. The van der Waals surface area contributed by atoms with Crippen molar-refractivity contribution in [2.45, 2.75) is 0 Å². The Kier molecular flexibility index (Phi) is 4.55. The van der Waals surface area contributed by atoms with Crippen LogP contribution in [0.4, 0.5) is 0 Å². The van der Waals surface area contributed by atoms with E-state index >= 15 is 0 Å². The van der Waals surface area contributed by atoms with Crippen LogP contribution in [0.15, 0.2) is 60.7 Å². The molecule has 0 saturated carbocycles. The van der Waals surface area contributed by atoms with Gasteiger partial charge in [-0.15, -0.1) is 22.7 Å². The lowest BCUT2D eigenvalue weighted by Gasteiger charge is -2.30. The highest BCUT2D eigenvalue weighted by atomic mass is 32.1. The Hall–Kier alpha value is -4.80. The zero-order valence-electron chi connectivity index (χ0n) is 21.0. The third-order valence-electron chi connectivity index (χ3n) is 7.55. The predicted molar refractivity (Wildman–Crippen MR) is 154 cm³/mol. The smallest absolute Gasteiger partial charge is 0.263 e. The molecule has 0 atom stereocenters. The van der Waals surface area contributed by atoms with E-state index in [2.05, 4.69) is 0 Å². The summed E-state index contributed by atoms with van der Waals surface area (Å²) >= 11 is 2.60. The van der Waals surface area contributed by atoms with Crippen molar-refractivity contribution < 1.29 is 19.2 Å². The van der Waals surface area contributed by atoms with Crippen molar-refractivity contribution in [3.05, 3.63) is 82.9 Å². The van der Waals surface area contributed by atoms with Crippen LogP contribution in [0, 0.1) is 0 Å². The number of carbonyl (C=O) groups excluding carboxylic acids is 4. The fourth-order valence-corrected chi connectivity index (χ4v) is 7.86. The quantitative estimate of drug-likeness (QED) is 0.247. The first-order valence-electron chi connectivity index (χ1n) is 12.4. The number of rotatable bonds is 2. The first-order valence-corrected chi connectivity index (χ1v) is 14.0. The molecule has 8 rings (SSSR count). The molecule has 2 aliphatic heterocycles. The lowest BCUT2D eigenvalue weighted by Crippen LogP contribution is -2.40. The summed E-state index contributed by atoms with van der Waals surface area (Å²) in [5.74, 6) is -2.04. The second-order valence-corrected chi connectivity index (χ2v) is 11.7. The predicted octanol–water partition coefficient (Wildman–Crippen LogP) is 5.84. The van der Waals surface area contributed by atoms with Gasteiger partial charge >= 0.3 is 0 Å². The van der Waals surface area contributed by atoms with Crippen LogP contribution in [0.1, 0.15) is 41.4 Å². The average Bonchev–Trinajstić information content (AvgIpc) is 3.62. The lowest BCUT2D eigenvalue weighted by atomic mass is 9.84. The zero-order chi connectivity index (χ0) is 27.4. The summed E-state index contributed by atoms with van der Waals surface area (Å²) in [5, 5.41) is 1.88. The maximum atomic E-state index is 13.8. The second-order valence-electron chi connectivity index (χ2n) is 9.71.